The summed E-state index contributed by atoms with van der Waals surface area (Å²) in [4.78, 5) is 0. The fourth-order valence-electron chi connectivity index (χ4n) is 0.909. The van der Waals surface area contributed by atoms with Crippen LogP contribution in [0, 0.1) is 29.6 Å². The molecule has 0 spiro atoms. The van der Waals surface area contributed by atoms with Crippen molar-refractivity contribution < 1.29 is 0 Å². The van der Waals surface area contributed by atoms with Gasteiger partial charge in [-0.1, -0.05) is 17.8 Å². The Kier molecular flexibility index (Phi) is 3.00. The van der Waals surface area contributed by atoms with E-state index < -0.39 is 0 Å². The first-order valence-electron chi connectivity index (χ1n) is 4.61. The van der Waals surface area contributed by atoms with E-state index in [-0.39, 0.29) is 5.41 Å². The van der Waals surface area contributed by atoms with Gasteiger partial charge < -0.3 is 0 Å². The summed E-state index contributed by atoms with van der Waals surface area (Å²) in [5.74, 6) is 8.87. The first-order valence-corrected chi connectivity index (χ1v) is 4.61. The van der Waals surface area contributed by atoms with Crippen LogP contribution in [-0.2, 0) is 0 Å². The van der Waals surface area contributed by atoms with Crippen LogP contribution in [0.5, 0.6) is 0 Å². The highest BCUT2D eigenvalue weighted by Crippen LogP contribution is 2.11. The Bertz CT molecular complexity index is 397. The smallest absolute Gasteiger partial charge is 0.0246 e. The van der Waals surface area contributed by atoms with Crippen LogP contribution in [0.2, 0.25) is 0 Å². The van der Waals surface area contributed by atoms with Gasteiger partial charge >= 0.3 is 0 Å². The summed E-state index contributed by atoms with van der Waals surface area (Å²) in [6, 6.07) is 7.72. The van der Waals surface area contributed by atoms with Crippen molar-refractivity contribution in [2.75, 3.05) is 0 Å². The maximum Gasteiger partial charge on any atom is 0.0246 e. The van der Waals surface area contributed by atoms with E-state index in [1.807, 2.05) is 24.3 Å². The zero-order valence-corrected chi connectivity index (χ0v) is 8.89. The molecule has 0 fully saturated rings. The standard InChI is InChI=1S/C14H14/c1-5-12-6-8-13(9-7-12)10-11-14(2,3)4/h1,6-9H,2-4H3. The molecule has 0 unspecified atom stereocenters. The summed E-state index contributed by atoms with van der Waals surface area (Å²) in [5, 5.41) is 0. The second-order valence-electron chi connectivity index (χ2n) is 4.22. The molecule has 0 radical (unpaired) electrons. The van der Waals surface area contributed by atoms with E-state index in [4.69, 9.17) is 6.42 Å². The molecular weight excluding hydrogens is 168 g/mol. The van der Waals surface area contributed by atoms with Gasteiger partial charge in [0.15, 0.2) is 0 Å². The first-order chi connectivity index (χ1) is 6.51. The summed E-state index contributed by atoms with van der Waals surface area (Å²) in [5.41, 5.74) is 1.95. The van der Waals surface area contributed by atoms with Gasteiger partial charge in [-0.25, -0.2) is 0 Å². The molecular formula is C14H14. The van der Waals surface area contributed by atoms with E-state index in [2.05, 4.69) is 38.5 Å². The van der Waals surface area contributed by atoms with Gasteiger partial charge in [-0.2, -0.15) is 0 Å². The minimum Gasteiger partial charge on any atom is -0.115 e. The molecule has 0 heterocycles. The van der Waals surface area contributed by atoms with Crippen molar-refractivity contribution in [3.05, 3.63) is 35.4 Å². The molecule has 0 saturated carbocycles. The van der Waals surface area contributed by atoms with E-state index >= 15 is 0 Å². The third-order valence-electron chi connectivity index (χ3n) is 1.63. The van der Waals surface area contributed by atoms with Crippen LogP contribution in [0.1, 0.15) is 31.9 Å². The topological polar surface area (TPSA) is 0 Å². The van der Waals surface area contributed by atoms with Crippen molar-refractivity contribution in [1.29, 1.82) is 0 Å². The van der Waals surface area contributed by atoms with Crippen LogP contribution in [0.4, 0.5) is 0 Å². The van der Waals surface area contributed by atoms with E-state index in [9.17, 15) is 0 Å². The summed E-state index contributed by atoms with van der Waals surface area (Å²) < 4.78 is 0. The minimum atomic E-state index is 0.0464. The zero-order valence-electron chi connectivity index (χ0n) is 8.89. The second kappa shape index (κ2) is 4.03. The van der Waals surface area contributed by atoms with Gasteiger partial charge in [-0.15, -0.1) is 6.42 Å². The third kappa shape index (κ3) is 3.38. The summed E-state index contributed by atoms with van der Waals surface area (Å²) in [7, 11) is 0. The van der Waals surface area contributed by atoms with Gasteiger partial charge in [-0.05, 0) is 45.0 Å². The number of benzene rings is 1. The highest BCUT2D eigenvalue weighted by atomic mass is 14.1. The Morgan fingerprint density at radius 2 is 1.50 bits per heavy atom. The predicted octanol–water partition coefficient (Wildman–Crippen LogP) is 3.07. The fraction of sp³-hybridized carbons (Fsp3) is 0.286. The molecule has 1 rings (SSSR count). The largest absolute Gasteiger partial charge is 0.115 e. The molecule has 0 aliphatic carbocycles. The van der Waals surface area contributed by atoms with Crippen molar-refractivity contribution in [3.63, 3.8) is 0 Å². The molecule has 0 bridgehead atoms. The van der Waals surface area contributed by atoms with Crippen molar-refractivity contribution in [1.82, 2.24) is 0 Å². The molecule has 1 aromatic carbocycles. The monoisotopic (exact) mass is 182 g/mol. The molecule has 14 heavy (non-hydrogen) atoms. The highest BCUT2D eigenvalue weighted by Gasteiger charge is 2.02. The number of terminal acetylenes is 1. The lowest BCUT2D eigenvalue weighted by Crippen LogP contribution is -1.99. The van der Waals surface area contributed by atoms with Crippen LogP contribution >= 0.6 is 0 Å². The molecule has 0 nitrogen and oxygen atoms in total. The first kappa shape index (κ1) is 10.4. The van der Waals surface area contributed by atoms with Gasteiger partial charge in [0.25, 0.3) is 0 Å². The Hall–Kier alpha value is -1.66. The van der Waals surface area contributed by atoms with Gasteiger partial charge in [0, 0.05) is 16.5 Å². The van der Waals surface area contributed by atoms with E-state index in [0.717, 1.165) is 11.1 Å². The SMILES string of the molecule is C#Cc1ccc(C#CC(C)(C)C)cc1. The fourth-order valence-corrected chi connectivity index (χ4v) is 0.909. The average Bonchev–Trinajstić information content (AvgIpc) is 2.14. The molecule has 0 amide bonds. The quantitative estimate of drug-likeness (QED) is 0.541. The summed E-state index contributed by atoms with van der Waals surface area (Å²) in [6.07, 6.45) is 5.26. The van der Waals surface area contributed by atoms with E-state index in [1.165, 1.54) is 0 Å². The average molecular weight is 182 g/mol. The lowest BCUT2D eigenvalue weighted by molar-refractivity contribution is 0.571. The van der Waals surface area contributed by atoms with E-state index in [0.29, 0.717) is 0 Å². The van der Waals surface area contributed by atoms with Gasteiger partial charge in [-0.3, -0.25) is 0 Å². The molecule has 0 N–H and O–H groups in total. The Morgan fingerprint density at radius 3 is 1.93 bits per heavy atom. The lowest BCUT2D eigenvalue weighted by atomic mass is 9.97. The van der Waals surface area contributed by atoms with Crippen molar-refractivity contribution in [3.8, 4) is 24.2 Å². The molecule has 0 aliphatic heterocycles. The maximum absolute atomic E-state index is 5.26. The number of hydrogen-bond donors (Lipinski definition) is 0. The summed E-state index contributed by atoms with van der Waals surface area (Å²) in [6.45, 7) is 6.28. The number of hydrogen-bond acceptors (Lipinski definition) is 0. The predicted molar refractivity (Wildman–Crippen MR) is 60.7 cm³/mol. The molecule has 0 heteroatoms. The van der Waals surface area contributed by atoms with Crippen molar-refractivity contribution >= 4 is 0 Å². The number of rotatable bonds is 0. The van der Waals surface area contributed by atoms with Gasteiger partial charge in [0.2, 0.25) is 0 Å². The molecule has 0 atom stereocenters. The van der Waals surface area contributed by atoms with Gasteiger partial charge in [0.1, 0.15) is 0 Å². The molecule has 0 aromatic heterocycles. The molecule has 1 aromatic rings. The Balaban J connectivity index is 2.89. The van der Waals surface area contributed by atoms with Crippen LogP contribution in [0.25, 0.3) is 0 Å². The second-order valence-corrected chi connectivity index (χ2v) is 4.22. The Morgan fingerprint density at radius 1 is 1.00 bits per heavy atom. The maximum atomic E-state index is 5.26. The van der Waals surface area contributed by atoms with Crippen molar-refractivity contribution in [2.45, 2.75) is 20.8 Å². The summed E-state index contributed by atoms with van der Waals surface area (Å²) >= 11 is 0. The van der Waals surface area contributed by atoms with Crippen molar-refractivity contribution in [2.24, 2.45) is 5.41 Å². The zero-order chi connectivity index (χ0) is 10.6. The minimum absolute atomic E-state index is 0.0464. The van der Waals surface area contributed by atoms with Crippen LogP contribution in [0.15, 0.2) is 24.3 Å². The lowest BCUT2D eigenvalue weighted by Gasteiger charge is -2.06. The van der Waals surface area contributed by atoms with Crippen LogP contribution in [0.3, 0.4) is 0 Å². The molecule has 0 saturated heterocycles. The normalized spacial score (nSPS) is 9.86. The van der Waals surface area contributed by atoms with E-state index in [1.54, 1.807) is 0 Å². The molecule has 70 valence electrons. The van der Waals surface area contributed by atoms with Gasteiger partial charge in [0.05, 0.1) is 0 Å². The van der Waals surface area contributed by atoms with Crippen LogP contribution in [-0.4, -0.2) is 0 Å². The highest BCUT2D eigenvalue weighted by molar-refractivity contribution is 5.41. The Labute approximate surface area is 86.3 Å². The third-order valence-corrected chi connectivity index (χ3v) is 1.63. The van der Waals surface area contributed by atoms with Crippen LogP contribution < -0.4 is 0 Å². The molecule has 0 aliphatic rings.